The van der Waals surface area contributed by atoms with Crippen molar-refractivity contribution in [3.63, 3.8) is 0 Å². The maximum atomic E-state index is 11.6. The van der Waals surface area contributed by atoms with Crippen molar-refractivity contribution in [3.05, 3.63) is 11.6 Å². The van der Waals surface area contributed by atoms with E-state index in [2.05, 4.69) is 25.2 Å². The minimum Gasteiger partial charge on any atom is -0.315 e. The SMILES string of the molecule is CC1=CC(C)CC(CNCC(C)(C)S(C)(=O)=O)C1. The Labute approximate surface area is 112 Å². The van der Waals surface area contributed by atoms with Crippen molar-refractivity contribution in [2.75, 3.05) is 19.3 Å². The zero-order valence-corrected chi connectivity index (χ0v) is 13.1. The minimum absolute atomic E-state index is 0.527. The molecule has 2 atom stereocenters. The molecule has 0 saturated heterocycles. The van der Waals surface area contributed by atoms with Crippen molar-refractivity contribution in [1.82, 2.24) is 5.32 Å². The van der Waals surface area contributed by atoms with Gasteiger partial charge in [0.05, 0.1) is 4.75 Å². The lowest BCUT2D eigenvalue weighted by Crippen LogP contribution is -2.43. The molecule has 0 fully saturated rings. The Morgan fingerprint density at radius 1 is 1.44 bits per heavy atom. The second-order valence-electron chi connectivity index (χ2n) is 6.46. The normalized spacial score (nSPS) is 25.9. The molecule has 0 amide bonds. The van der Waals surface area contributed by atoms with E-state index in [0.717, 1.165) is 13.0 Å². The highest BCUT2D eigenvalue weighted by Gasteiger charge is 2.30. The lowest BCUT2D eigenvalue weighted by Gasteiger charge is -2.28. The predicted octanol–water partition coefficient (Wildman–Crippen LogP) is 2.39. The molecule has 0 aromatic heterocycles. The number of sulfone groups is 1. The summed E-state index contributed by atoms with van der Waals surface area (Å²) in [6, 6.07) is 0. The van der Waals surface area contributed by atoms with Crippen molar-refractivity contribution in [1.29, 1.82) is 0 Å². The van der Waals surface area contributed by atoms with Gasteiger partial charge in [0, 0.05) is 12.8 Å². The van der Waals surface area contributed by atoms with Crippen LogP contribution in [-0.2, 0) is 9.84 Å². The number of nitrogens with one attached hydrogen (secondary N) is 1. The quantitative estimate of drug-likeness (QED) is 0.782. The third-order valence-electron chi connectivity index (χ3n) is 3.87. The summed E-state index contributed by atoms with van der Waals surface area (Å²) in [5.41, 5.74) is 1.46. The van der Waals surface area contributed by atoms with Crippen LogP contribution in [0, 0.1) is 11.8 Å². The fraction of sp³-hybridized carbons (Fsp3) is 0.857. The van der Waals surface area contributed by atoms with Crippen molar-refractivity contribution < 1.29 is 8.42 Å². The Kier molecular flexibility index (Phi) is 5.01. The molecule has 4 heteroatoms. The second-order valence-corrected chi connectivity index (χ2v) is 9.11. The summed E-state index contributed by atoms with van der Waals surface area (Å²) in [5, 5.41) is 3.34. The van der Waals surface area contributed by atoms with Gasteiger partial charge in [0.25, 0.3) is 0 Å². The molecule has 106 valence electrons. The fourth-order valence-corrected chi connectivity index (χ4v) is 2.91. The number of rotatable bonds is 5. The van der Waals surface area contributed by atoms with Crippen LogP contribution < -0.4 is 5.32 Å². The van der Waals surface area contributed by atoms with Crippen LogP contribution in [0.5, 0.6) is 0 Å². The lowest BCUT2D eigenvalue weighted by molar-refractivity contribution is 0.374. The van der Waals surface area contributed by atoms with Gasteiger partial charge in [0.15, 0.2) is 9.84 Å². The molecule has 0 aliphatic heterocycles. The molecule has 1 aliphatic rings. The van der Waals surface area contributed by atoms with Gasteiger partial charge < -0.3 is 5.32 Å². The summed E-state index contributed by atoms with van der Waals surface area (Å²) in [7, 11) is -3.00. The van der Waals surface area contributed by atoms with E-state index in [4.69, 9.17) is 0 Å². The lowest BCUT2D eigenvalue weighted by atomic mass is 9.84. The minimum atomic E-state index is -3.00. The van der Waals surface area contributed by atoms with E-state index in [1.807, 2.05) is 0 Å². The highest BCUT2D eigenvalue weighted by atomic mass is 32.2. The Morgan fingerprint density at radius 2 is 2.06 bits per heavy atom. The summed E-state index contributed by atoms with van der Waals surface area (Å²) in [5.74, 6) is 1.29. The van der Waals surface area contributed by atoms with Crippen LogP contribution in [-0.4, -0.2) is 32.5 Å². The number of allylic oxidation sites excluding steroid dienone is 2. The number of hydrogen-bond acceptors (Lipinski definition) is 3. The summed E-state index contributed by atoms with van der Waals surface area (Å²) >= 11 is 0. The molecule has 1 N–H and O–H groups in total. The van der Waals surface area contributed by atoms with Gasteiger partial charge in [-0.2, -0.15) is 0 Å². The second kappa shape index (κ2) is 5.74. The zero-order chi connectivity index (χ0) is 14.0. The molecule has 18 heavy (non-hydrogen) atoms. The van der Waals surface area contributed by atoms with Gasteiger partial charge in [-0.05, 0) is 52.0 Å². The van der Waals surface area contributed by atoms with E-state index in [0.29, 0.717) is 18.4 Å². The van der Waals surface area contributed by atoms with E-state index in [1.54, 1.807) is 13.8 Å². The van der Waals surface area contributed by atoms with Crippen LogP contribution in [0.4, 0.5) is 0 Å². The summed E-state index contributed by atoms with van der Waals surface area (Å²) < 4.78 is 22.5. The van der Waals surface area contributed by atoms with Crippen LogP contribution in [0.2, 0.25) is 0 Å². The maximum absolute atomic E-state index is 11.6. The molecule has 0 saturated carbocycles. The van der Waals surface area contributed by atoms with Gasteiger partial charge in [0.2, 0.25) is 0 Å². The average Bonchev–Trinajstić information content (AvgIpc) is 2.13. The molecule has 2 unspecified atom stereocenters. The predicted molar refractivity (Wildman–Crippen MR) is 77.4 cm³/mol. The molecule has 1 aliphatic carbocycles. The monoisotopic (exact) mass is 273 g/mol. The van der Waals surface area contributed by atoms with Crippen molar-refractivity contribution in [2.24, 2.45) is 11.8 Å². The summed E-state index contributed by atoms with van der Waals surface area (Å²) in [4.78, 5) is 0. The van der Waals surface area contributed by atoms with Gasteiger partial charge >= 0.3 is 0 Å². The van der Waals surface area contributed by atoms with Gasteiger partial charge in [-0.1, -0.05) is 18.6 Å². The third kappa shape index (κ3) is 4.39. The van der Waals surface area contributed by atoms with Crippen LogP contribution in [0.15, 0.2) is 11.6 Å². The molecular formula is C14H27NO2S. The first-order chi connectivity index (χ1) is 8.12. The summed E-state index contributed by atoms with van der Waals surface area (Å²) in [6.07, 6.45) is 5.99. The smallest absolute Gasteiger partial charge is 0.153 e. The van der Waals surface area contributed by atoms with Crippen LogP contribution in [0.1, 0.15) is 40.5 Å². The molecule has 0 heterocycles. The van der Waals surface area contributed by atoms with Crippen molar-refractivity contribution in [2.45, 2.75) is 45.3 Å². The van der Waals surface area contributed by atoms with Gasteiger partial charge in [-0.3, -0.25) is 0 Å². The Bertz CT molecular complexity index is 410. The van der Waals surface area contributed by atoms with E-state index >= 15 is 0 Å². The average molecular weight is 273 g/mol. The highest BCUT2D eigenvalue weighted by Crippen LogP contribution is 2.27. The Balaban J connectivity index is 2.42. The van der Waals surface area contributed by atoms with Crippen molar-refractivity contribution >= 4 is 9.84 Å². The fourth-order valence-electron chi connectivity index (χ4n) is 2.55. The molecular weight excluding hydrogens is 246 g/mol. The Morgan fingerprint density at radius 3 is 2.56 bits per heavy atom. The first-order valence-electron chi connectivity index (χ1n) is 6.69. The summed E-state index contributed by atoms with van der Waals surface area (Å²) in [6.45, 7) is 9.43. The molecule has 0 aromatic carbocycles. The van der Waals surface area contributed by atoms with E-state index in [9.17, 15) is 8.42 Å². The van der Waals surface area contributed by atoms with E-state index in [-0.39, 0.29) is 0 Å². The van der Waals surface area contributed by atoms with Crippen LogP contribution in [0.3, 0.4) is 0 Å². The molecule has 0 spiro atoms. The van der Waals surface area contributed by atoms with E-state index < -0.39 is 14.6 Å². The number of hydrogen-bond donors (Lipinski definition) is 1. The standard InChI is InChI=1S/C14H27NO2S/c1-11-6-12(2)8-13(7-11)9-15-10-14(3,4)18(5,16)17/h6,11,13,15H,7-10H2,1-5H3. The third-order valence-corrected chi connectivity index (χ3v) is 6.02. The van der Waals surface area contributed by atoms with E-state index in [1.165, 1.54) is 18.2 Å². The molecule has 0 radical (unpaired) electrons. The largest absolute Gasteiger partial charge is 0.315 e. The molecule has 1 rings (SSSR count). The van der Waals surface area contributed by atoms with Gasteiger partial charge in [-0.25, -0.2) is 8.42 Å². The zero-order valence-electron chi connectivity index (χ0n) is 12.3. The molecule has 0 aromatic rings. The van der Waals surface area contributed by atoms with Crippen LogP contribution in [0.25, 0.3) is 0 Å². The topological polar surface area (TPSA) is 46.2 Å². The Hall–Kier alpha value is -0.350. The maximum Gasteiger partial charge on any atom is 0.153 e. The first kappa shape index (κ1) is 15.7. The molecule has 0 bridgehead atoms. The molecule has 3 nitrogen and oxygen atoms in total. The highest BCUT2D eigenvalue weighted by molar-refractivity contribution is 7.92. The van der Waals surface area contributed by atoms with Gasteiger partial charge in [0.1, 0.15) is 0 Å². The van der Waals surface area contributed by atoms with Crippen LogP contribution >= 0.6 is 0 Å². The first-order valence-corrected chi connectivity index (χ1v) is 8.58. The van der Waals surface area contributed by atoms with Gasteiger partial charge in [-0.15, -0.1) is 0 Å². The van der Waals surface area contributed by atoms with Crippen molar-refractivity contribution in [3.8, 4) is 0 Å².